The molecular weight excluding hydrogens is 206 g/mol. The Bertz CT molecular complexity index is 452. The molecule has 15 heavy (non-hydrogen) atoms. The molecule has 0 bridgehead atoms. The van der Waals surface area contributed by atoms with E-state index in [0.717, 1.165) is 5.69 Å². The van der Waals surface area contributed by atoms with E-state index < -0.39 is 0 Å². The highest BCUT2D eigenvalue weighted by Crippen LogP contribution is 2.24. The Hall–Kier alpha value is -1.47. The van der Waals surface area contributed by atoms with Gasteiger partial charge in [-0.25, -0.2) is 0 Å². The minimum absolute atomic E-state index is 0. The van der Waals surface area contributed by atoms with Crippen molar-refractivity contribution in [1.29, 1.82) is 0 Å². The average Bonchev–Trinajstić information content (AvgIpc) is 2.18. The number of hydrogen-bond acceptors (Lipinski definition) is 1. The van der Waals surface area contributed by atoms with Crippen molar-refractivity contribution in [3.8, 4) is 11.1 Å². The van der Waals surface area contributed by atoms with Gasteiger partial charge in [0.15, 0.2) is 0 Å². The smallest absolute Gasteiger partial charge is 0.0320 e. The van der Waals surface area contributed by atoms with Crippen molar-refractivity contribution < 1.29 is 0 Å². The third-order valence-electron chi connectivity index (χ3n) is 2.34. The van der Waals surface area contributed by atoms with Crippen LogP contribution in [0, 0.1) is 6.92 Å². The second-order valence-electron chi connectivity index (χ2n) is 3.44. The van der Waals surface area contributed by atoms with Crippen LogP contribution < -0.4 is 5.73 Å². The molecule has 0 amide bonds. The molecule has 2 heteroatoms. The van der Waals surface area contributed by atoms with Crippen molar-refractivity contribution in [2.75, 3.05) is 5.73 Å². The van der Waals surface area contributed by atoms with Crippen LogP contribution in [0.4, 0.5) is 5.69 Å². The second-order valence-corrected chi connectivity index (χ2v) is 3.44. The fourth-order valence-corrected chi connectivity index (χ4v) is 1.60. The Balaban J connectivity index is 0.00000112. The highest BCUT2D eigenvalue weighted by atomic mass is 35.5. The van der Waals surface area contributed by atoms with Crippen LogP contribution in [0.25, 0.3) is 11.1 Å². The summed E-state index contributed by atoms with van der Waals surface area (Å²) in [6.07, 6.45) is 0. The van der Waals surface area contributed by atoms with E-state index in [1.807, 2.05) is 30.3 Å². The number of anilines is 1. The lowest BCUT2D eigenvalue weighted by Crippen LogP contribution is -1.86. The lowest BCUT2D eigenvalue weighted by atomic mass is 10.0. The Morgan fingerprint density at radius 3 is 2.33 bits per heavy atom. The van der Waals surface area contributed by atoms with Gasteiger partial charge in [-0.2, -0.15) is 0 Å². The molecule has 2 N–H and O–H groups in total. The van der Waals surface area contributed by atoms with Crippen LogP contribution in [0.3, 0.4) is 0 Å². The van der Waals surface area contributed by atoms with Crippen molar-refractivity contribution in [3.63, 3.8) is 0 Å². The first-order valence-corrected chi connectivity index (χ1v) is 4.69. The van der Waals surface area contributed by atoms with Gasteiger partial charge in [0.2, 0.25) is 0 Å². The fourth-order valence-electron chi connectivity index (χ4n) is 1.60. The van der Waals surface area contributed by atoms with Gasteiger partial charge >= 0.3 is 0 Å². The van der Waals surface area contributed by atoms with E-state index in [4.69, 9.17) is 5.73 Å². The molecule has 0 unspecified atom stereocenters. The van der Waals surface area contributed by atoms with Gasteiger partial charge in [-0.1, -0.05) is 36.4 Å². The largest absolute Gasteiger partial charge is 0.399 e. The minimum atomic E-state index is 0. The molecule has 78 valence electrons. The molecule has 0 saturated heterocycles. The molecule has 0 aliphatic rings. The molecule has 0 aromatic heterocycles. The third-order valence-corrected chi connectivity index (χ3v) is 2.34. The first-order chi connectivity index (χ1) is 6.77. The summed E-state index contributed by atoms with van der Waals surface area (Å²) in [5, 5.41) is 0. The maximum Gasteiger partial charge on any atom is 0.0320 e. The number of nitrogen functional groups attached to an aromatic ring is 1. The molecule has 0 atom stereocenters. The van der Waals surface area contributed by atoms with Crippen LogP contribution in [0.2, 0.25) is 0 Å². The summed E-state index contributed by atoms with van der Waals surface area (Å²) in [7, 11) is 0. The van der Waals surface area contributed by atoms with E-state index in [-0.39, 0.29) is 12.4 Å². The van der Waals surface area contributed by atoms with Crippen LogP contribution in [0.5, 0.6) is 0 Å². The number of halogens is 1. The van der Waals surface area contributed by atoms with Crippen molar-refractivity contribution in [3.05, 3.63) is 54.1 Å². The monoisotopic (exact) mass is 219 g/mol. The SMILES string of the molecule is Cc1ccccc1-c1cccc(N)c1.Cl. The van der Waals surface area contributed by atoms with Crippen molar-refractivity contribution in [1.82, 2.24) is 0 Å². The van der Waals surface area contributed by atoms with Crippen LogP contribution in [0.1, 0.15) is 5.56 Å². The molecule has 2 aromatic rings. The average molecular weight is 220 g/mol. The zero-order chi connectivity index (χ0) is 9.97. The molecular formula is C13H14ClN. The van der Waals surface area contributed by atoms with E-state index in [1.54, 1.807) is 0 Å². The number of benzene rings is 2. The van der Waals surface area contributed by atoms with E-state index in [0.29, 0.717) is 0 Å². The Morgan fingerprint density at radius 2 is 1.67 bits per heavy atom. The standard InChI is InChI=1S/C13H13N.ClH/c1-10-5-2-3-8-13(10)11-6-4-7-12(14)9-11;/h2-9H,14H2,1H3;1H. The first-order valence-electron chi connectivity index (χ1n) is 4.69. The fraction of sp³-hybridized carbons (Fsp3) is 0.0769. The Kier molecular flexibility index (Phi) is 3.75. The predicted molar refractivity (Wildman–Crippen MR) is 68.3 cm³/mol. The third kappa shape index (κ3) is 2.51. The quantitative estimate of drug-likeness (QED) is 0.728. The molecule has 0 saturated carbocycles. The number of aryl methyl sites for hydroxylation is 1. The van der Waals surface area contributed by atoms with E-state index in [2.05, 4.69) is 25.1 Å². The van der Waals surface area contributed by atoms with Crippen LogP contribution in [0.15, 0.2) is 48.5 Å². The Morgan fingerprint density at radius 1 is 0.933 bits per heavy atom. The lowest BCUT2D eigenvalue weighted by molar-refractivity contribution is 1.46. The molecule has 0 radical (unpaired) electrons. The topological polar surface area (TPSA) is 26.0 Å². The van der Waals surface area contributed by atoms with Crippen molar-refractivity contribution in [2.45, 2.75) is 6.92 Å². The summed E-state index contributed by atoms with van der Waals surface area (Å²) >= 11 is 0. The molecule has 1 nitrogen and oxygen atoms in total. The maximum absolute atomic E-state index is 5.75. The maximum atomic E-state index is 5.75. The summed E-state index contributed by atoms with van der Waals surface area (Å²) < 4.78 is 0. The summed E-state index contributed by atoms with van der Waals surface area (Å²) in [4.78, 5) is 0. The molecule has 0 aliphatic carbocycles. The van der Waals surface area contributed by atoms with Gasteiger partial charge < -0.3 is 5.73 Å². The van der Waals surface area contributed by atoms with E-state index >= 15 is 0 Å². The zero-order valence-corrected chi connectivity index (χ0v) is 9.42. The van der Waals surface area contributed by atoms with Crippen molar-refractivity contribution in [2.24, 2.45) is 0 Å². The van der Waals surface area contributed by atoms with Crippen LogP contribution >= 0.6 is 12.4 Å². The summed E-state index contributed by atoms with van der Waals surface area (Å²) in [5.41, 5.74) is 10.3. The van der Waals surface area contributed by atoms with Gasteiger partial charge in [0.05, 0.1) is 0 Å². The number of nitrogens with two attached hydrogens (primary N) is 1. The number of rotatable bonds is 1. The lowest BCUT2D eigenvalue weighted by Gasteiger charge is -2.05. The predicted octanol–water partition coefficient (Wildman–Crippen LogP) is 3.67. The Labute approximate surface area is 96.3 Å². The molecule has 0 fully saturated rings. The molecule has 0 aliphatic heterocycles. The molecule has 0 heterocycles. The normalized spacial score (nSPS) is 9.40. The highest BCUT2D eigenvalue weighted by molar-refractivity contribution is 5.85. The molecule has 2 aromatic carbocycles. The van der Waals surface area contributed by atoms with Crippen LogP contribution in [-0.2, 0) is 0 Å². The zero-order valence-electron chi connectivity index (χ0n) is 8.60. The van der Waals surface area contributed by atoms with Gasteiger partial charge in [-0.15, -0.1) is 12.4 Å². The molecule has 2 rings (SSSR count). The van der Waals surface area contributed by atoms with Gasteiger partial charge in [0, 0.05) is 5.69 Å². The number of hydrogen-bond donors (Lipinski definition) is 1. The van der Waals surface area contributed by atoms with E-state index in [1.165, 1.54) is 16.7 Å². The summed E-state index contributed by atoms with van der Waals surface area (Å²) in [6.45, 7) is 2.11. The van der Waals surface area contributed by atoms with Gasteiger partial charge in [-0.05, 0) is 35.7 Å². The van der Waals surface area contributed by atoms with E-state index in [9.17, 15) is 0 Å². The second kappa shape index (κ2) is 4.85. The van der Waals surface area contributed by atoms with Gasteiger partial charge in [-0.3, -0.25) is 0 Å². The summed E-state index contributed by atoms with van der Waals surface area (Å²) in [6, 6.07) is 16.3. The van der Waals surface area contributed by atoms with Crippen molar-refractivity contribution >= 4 is 18.1 Å². The molecule has 0 spiro atoms. The minimum Gasteiger partial charge on any atom is -0.399 e. The highest BCUT2D eigenvalue weighted by Gasteiger charge is 1.99. The van der Waals surface area contributed by atoms with Gasteiger partial charge in [0.1, 0.15) is 0 Å². The van der Waals surface area contributed by atoms with Gasteiger partial charge in [0.25, 0.3) is 0 Å². The van der Waals surface area contributed by atoms with Crippen LogP contribution in [-0.4, -0.2) is 0 Å². The summed E-state index contributed by atoms with van der Waals surface area (Å²) in [5.74, 6) is 0. The first kappa shape index (κ1) is 11.6.